The van der Waals surface area contributed by atoms with Crippen molar-refractivity contribution in [3.63, 3.8) is 0 Å². The maximum Gasteiger partial charge on any atom is 0.250 e. The molecule has 0 aliphatic carbocycles. The smallest absolute Gasteiger partial charge is 0.250 e. The zero-order valence-electron chi connectivity index (χ0n) is 11.5. The van der Waals surface area contributed by atoms with Gasteiger partial charge in [0.2, 0.25) is 0 Å². The lowest BCUT2D eigenvalue weighted by molar-refractivity contribution is 0.100. The molecule has 5 heteroatoms. The molecule has 21 heavy (non-hydrogen) atoms. The number of primary amides is 1. The van der Waals surface area contributed by atoms with E-state index in [1.807, 2.05) is 37.3 Å². The van der Waals surface area contributed by atoms with Crippen molar-refractivity contribution < 1.29 is 4.79 Å². The maximum absolute atomic E-state index is 11.6. The van der Waals surface area contributed by atoms with Crippen LogP contribution in [0, 0.1) is 6.92 Å². The Morgan fingerprint density at radius 2 is 1.95 bits per heavy atom. The van der Waals surface area contributed by atoms with E-state index in [2.05, 4.69) is 15.2 Å². The number of pyridine rings is 1. The summed E-state index contributed by atoms with van der Waals surface area (Å²) in [6.45, 7) is 1.89. The molecule has 3 rings (SSSR count). The third-order valence-corrected chi connectivity index (χ3v) is 3.37. The summed E-state index contributed by atoms with van der Waals surface area (Å²) in [5, 5.41) is 7.30. The molecule has 0 spiro atoms. The van der Waals surface area contributed by atoms with Gasteiger partial charge < -0.3 is 5.73 Å². The van der Waals surface area contributed by atoms with E-state index in [0.29, 0.717) is 5.56 Å². The summed E-state index contributed by atoms with van der Waals surface area (Å²) in [4.78, 5) is 15.6. The summed E-state index contributed by atoms with van der Waals surface area (Å²) < 4.78 is 0. The van der Waals surface area contributed by atoms with E-state index in [1.54, 1.807) is 12.3 Å². The third-order valence-electron chi connectivity index (χ3n) is 3.37. The standard InChI is InChI=1S/C16H14N4O/c1-10-14(12-7-8-18-9-13(12)16(17)21)15(20-19-10)11-5-3-2-4-6-11/h2-9H,1H3,(H2,17,21)(H,19,20). The number of carbonyl (C=O) groups excluding carboxylic acids is 1. The zero-order valence-corrected chi connectivity index (χ0v) is 11.5. The molecule has 3 N–H and O–H groups in total. The summed E-state index contributed by atoms with van der Waals surface area (Å²) in [5.41, 5.74) is 10.1. The van der Waals surface area contributed by atoms with Gasteiger partial charge in [0, 0.05) is 29.1 Å². The minimum absolute atomic E-state index is 0.388. The molecule has 0 saturated carbocycles. The molecule has 0 unspecified atom stereocenters. The van der Waals surface area contributed by atoms with E-state index in [4.69, 9.17) is 5.73 Å². The molecule has 2 aromatic heterocycles. The topological polar surface area (TPSA) is 84.7 Å². The largest absolute Gasteiger partial charge is 0.366 e. The monoisotopic (exact) mass is 278 g/mol. The van der Waals surface area contributed by atoms with Gasteiger partial charge in [0.25, 0.3) is 5.91 Å². The summed E-state index contributed by atoms with van der Waals surface area (Å²) in [7, 11) is 0. The van der Waals surface area contributed by atoms with Gasteiger partial charge in [0.15, 0.2) is 0 Å². The van der Waals surface area contributed by atoms with Crippen LogP contribution in [-0.2, 0) is 0 Å². The summed E-state index contributed by atoms with van der Waals surface area (Å²) >= 11 is 0. The first-order valence-electron chi connectivity index (χ1n) is 6.53. The zero-order chi connectivity index (χ0) is 14.8. The Bertz CT molecular complexity index is 793. The molecular weight excluding hydrogens is 264 g/mol. The molecule has 1 amide bonds. The number of carbonyl (C=O) groups is 1. The molecule has 1 aromatic carbocycles. The van der Waals surface area contributed by atoms with E-state index in [0.717, 1.165) is 28.1 Å². The van der Waals surface area contributed by atoms with Crippen molar-refractivity contribution in [2.45, 2.75) is 6.92 Å². The summed E-state index contributed by atoms with van der Waals surface area (Å²) in [6.07, 6.45) is 3.13. The summed E-state index contributed by atoms with van der Waals surface area (Å²) in [6, 6.07) is 11.6. The molecule has 0 radical (unpaired) electrons. The first kappa shape index (κ1) is 13.1. The quantitative estimate of drug-likeness (QED) is 0.772. The number of nitrogens with one attached hydrogen (secondary N) is 1. The molecule has 0 fully saturated rings. The van der Waals surface area contributed by atoms with Crippen molar-refractivity contribution in [1.29, 1.82) is 0 Å². The van der Waals surface area contributed by atoms with Crippen molar-refractivity contribution in [1.82, 2.24) is 15.2 Å². The highest BCUT2D eigenvalue weighted by Gasteiger charge is 2.18. The predicted molar refractivity (Wildman–Crippen MR) is 80.5 cm³/mol. The predicted octanol–water partition coefficient (Wildman–Crippen LogP) is 2.55. The van der Waals surface area contributed by atoms with E-state index >= 15 is 0 Å². The fourth-order valence-electron chi connectivity index (χ4n) is 2.38. The van der Waals surface area contributed by atoms with E-state index in [1.165, 1.54) is 6.20 Å². The van der Waals surface area contributed by atoms with E-state index < -0.39 is 5.91 Å². The lowest BCUT2D eigenvalue weighted by Gasteiger charge is -2.08. The average molecular weight is 278 g/mol. The van der Waals surface area contributed by atoms with Gasteiger partial charge in [-0.25, -0.2) is 0 Å². The number of aryl methyl sites for hydroxylation is 1. The lowest BCUT2D eigenvalue weighted by Crippen LogP contribution is -2.12. The highest BCUT2D eigenvalue weighted by molar-refractivity contribution is 6.01. The van der Waals surface area contributed by atoms with Crippen molar-refractivity contribution in [3.05, 3.63) is 60.0 Å². The molecule has 0 bridgehead atoms. The molecule has 0 aliphatic heterocycles. The average Bonchev–Trinajstić information content (AvgIpc) is 2.89. The highest BCUT2D eigenvalue weighted by atomic mass is 16.1. The van der Waals surface area contributed by atoms with Crippen molar-refractivity contribution >= 4 is 5.91 Å². The van der Waals surface area contributed by atoms with Gasteiger partial charge in [-0.15, -0.1) is 0 Å². The van der Waals surface area contributed by atoms with Gasteiger partial charge in [0.05, 0.1) is 17.0 Å². The fraction of sp³-hybridized carbons (Fsp3) is 0.0625. The number of hydrogen-bond donors (Lipinski definition) is 2. The second kappa shape index (κ2) is 5.20. The Labute approximate surface area is 121 Å². The summed E-state index contributed by atoms with van der Waals surface area (Å²) in [5.74, 6) is -0.502. The Balaban J connectivity index is 2.25. The maximum atomic E-state index is 11.6. The molecule has 3 aromatic rings. The first-order chi connectivity index (χ1) is 10.2. The SMILES string of the molecule is Cc1n[nH]c(-c2ccccc2)c1-c1ccncc1C(N)=O. The third kappa shape index (κ3) is 2.29. The second-order valence-electron chi connectivity index (χ2n) is 4.71. The lowest BCUT2D eigenvalue weighted by atomic mass is 9.96. The van der Waals surface area contributed by atoms with Crippen molar-refractivity contribution in [2.24, 2.45) is 5.73 Å². The number of aromatic nitrogens is 3. The molecule has 0 atom stereocenters. The molecule has 0 saturated heterocycles. The van der Waals surface area contributed by atoms with E-state index in [-0.39, 0.29) is 0 Å². The van der Waals surface area contributed by atoms with Crippen LogP contribution in [0.4, 0.5) is 0 Å². The van der Waals surface area contributed by atoms with Crippen LogP contribution in [0.1, 0.15) is 16.1 Å². The van der Waals surface area contributed by atoms with Gasteiger partial charge in [0.1, 0.15) is 0 Å². The normalized spacial score (nSPS) is 10.5. The van der Waals surface area contributed by atoms with Gasteiger partial charge >= 0.3 is 0 Å². The first-order valence-corrected chi connectivity index (χ1v) is 6.53. The Hall–Kier alpha value is -2.95. The van der Waals surface area contributed by atoms with Crippen LogP contribution in [0.5, 0.6) is 0 Å². The number of amides is 1. The minimum atomic E-state index is -0.502. The Kier molecular flexibility index (Phi) is 3.23. The Morgan fingerprint density at radius 3 is 2.67 bits per heavy atom. The number of benzene rings is 1. The highest BCUT2D eigenvalue weighted by Crippen LogP contribution is 2.34. The van der Waals surface area contributed by atoms with Crippen LogP contribution in [0.25, 0.3) is 22.4 Å². The van der Waals surface area contributed by atoms with Gasteiger partial charge in [-0.3, -0.25) is 14.9 Å². The van der Waals surface area contributed by atoms with Crippen LogP contribution in [-0.4, -0.2) is 21.1 Å². The van der Waals surface area contributed by atoms with E-state index in [9.17, 15) is 4.79 Å². The molecule has 5 nitrogen and oxygen atoms in total. The fourth-order valence-corrected chi connectivity index (χ4v) is 2.38. The van der Waals surface area contributed by atoms with Crippen LogP contribution in [0.2, 0.25) is 0 Å². The number of rotatable bonds is 3. The van der Waals surface area contributed by atoms with Crippen molar-refractivity contribution in [2.75, 3.05) is 0 Å². The number of H-pyrrole nitrogens is 1. The molecule has 2 heterocycles. The molecular formula is C16H14N4O. The molecule has 104 valence electrons. The van der Waals surface area contributed by atoms with Crippen LogP contribution < -0.4 is 5.73 Å². The van der Waals surface area contributed by atoms with Gasteiger partial charge in [-0.1, -0.05) is 30.3 Å². The minimum Gasteiger partial charge on any atom is -0.366 e. The Morgan fingerprint density at radius 1 is 1.19 bits per heavy atom. The number of nitrogens with two attached hydrogens (primary N) is 1. The van der Waals surface area contributed by atoms with Crippen LogP contribution >= 0.6 is 0 Å². The number of nitrogens with zero attached hydrogens (tertiary/aromatic N) is 2. The van der Waals surface area contributed by atoms with Crippen molar-refractivity contribution in [3.8, 4) is 22.4 Å². The van der Waals surface area contributed by atoms with Gasteiger partial charge in [-0.05, 0) is 13.0 Å². The van der Waals surface area contributed by atoms with Crippen LogP contribution in [0.3, 0.4) is 0 Å². The molecule has 0 aliphatic rings. The second-order valence-corrected chi connectivity index (χ2v) is 4.71. The number of hydrogen-bond acceptors (Lipinski definition) is 3. The van der Waals surface area contributed by atoms with Crippen LogP contribution in [0.15, 0.2) is 48.8 Å². The van der Waals surface area contributed by atoms with Gasteiger partial charge in [-0.2, -0.15) is 5.10 Å². The number of aromatic amines is 1.